The van der Waals surface area contributed by atoms with E-state index in [1.54, 1.807) is 30.3 Å². The molecule has 1 saturated heterocycles. The van der Waals surface area contributed by atoms with Crippen LogP contribution in [0, 0.1) is 0 Å². The highest BCUT2D eigenvalue weighted by molar-refractivity contribution is 5.95. The third kappa shape index (κ3) is 12.0. The summed E-state index contributed by atoms with van der Waals surface area (Å²) in [6.45, 7) is 2.75. The van der Waals surface area contributed by atoms with Gasteiger partial charge in [-0.1, -0.05) is 30.3 Å². The van der Waals surface area contributed by atoms with E-state index in [4.69, 9.17) is 22.9 Å². The lowest BCUT2D eigenvalue weighted by molar-refractivity contribution is -0.140. The predicted molar refractivity (Wildman–Crippen MR) is 168 cm³/mol. The fraction of sp³-hybridized carbons (Fsp3) is 0.552. The van der Waals surface area contributed by atoms with Gasteiger partial charge in [-0.15, -0.1) is 0 Å². The Morgan fingerprint density at radius 3 is 2.22 bits per heavy atom. The first kappa shape index (κ1) is 37.4. The minimum atomic E-state index is -1.30. The van der Waals surface area contributed by atoms with Crippen molar-refractivity contribution in [2.24, 2.45) is 27.9 Å². The molecule has 17 nitrogen and oxygen atoms in total. The lowest BCUT2D eigenvalue weighted by Crippen LogP contribution is -2.58. The summed E-state index contributed by atoms with van der Waals surface area (Å²) in [6, 6.07) is 3.43. The minimum absolute atomic E-state index is 0.0508. The molecule has 1 aromatic rings. The number of guanidine groups is 1. The number of hydrogen-bond acceptors (Lipinski definition) is 9. The average Bonchev–Trinajstić information content (AvgIpc) is 3.51. The lowest BCUT2D eigenvalue weighted by atomic mass is 10.0. The highest BCUT2D eigenvalue weighted by atomic mass is 16.3. The molecule has 0 spiro atoms. The van der Waals surface area contributed by atoms with Crippen molar-refractivity contribution in [1.29, 1.82) is 0 Å². The fourth-order valence-electron chi connectivity index (χ4n) is 4.81. The zero-order valence-electron chi connectivity index (χ0n) is 26.1. The van der Waals surface area contributed by atoms with Crippen LogP contribution in [-0.4, -0.2) is 107 Å². The maximum atomic E-state index is 13.5. The van der Waals surface area contributed by atoms with E-state index in [0.717, 1.165) is 0 Å². The number of benzene rings is 1. The fourth-order valence-corrected chi connectivity index (χ4v) is 4.81. The Hall–Kier alpha value is -4.77. The van der Waals surface area contributed by atoms with E-state index in [2.05, 4.69) is 26.3 Å². The first-order valence-corrected chi connectivity index (χ1v) is 15.0. The van der Waals surface area contributed by atoms with Gasteiger partial charge in [-0.3, -0.25) is 33.8 Å². The molecule has 0 aromatic heterocycles. The number of nitrogens with one attached hydrogen (secondary N) is 4. The molecule has 0 unspecified atom stereocenters. The third-order valence-electron chi connectivity index (χ3n) is 7.35. The van der Waals surface area contributed by atoms with Crippen LogP contribution in [0.15, 0.2) is 35.3 Å². The number of aliphatic imine (C=N–C) groups is 1. The van der Waals surface area contributed by atoms with E-state index in [9.17, 15) is 33.9 Å². The van der Waals surface area contributed by atoms with Crippen molar-refractivity contribution in [3.63, 3.8) is 0 Å². The standard InChI is InChI=1S/C29H46N10O7/c1-16(28(46)39-13-7-11-21(39)24(31)42)36-22(41)15-35-25(43)19(10-6-12-34-29(32)33)37-26(44)20(14-18-8-4-3-5-9-18)38-27(45)23(30)17(2)40/h3-5,8-9,16-17,19-21,23,40H,6-7,10-15,30H2,1-2H3,(H2,31,42)(H,35,43)(H,36,41)(H,37,44)(H,38,45)(H4,32,33,34)/t16-,17+,19-,20-,21-,23-/m0/s1. The van der Waals surface area contributed by atoms with Gasteiger partial charge < -0.3 is 54.2 Å². The van der Waals surface area contributed by atoms with Crippen molar-refractivity contribution in [2.75, 3.05) is 19.6 Å². The minimum Gasteiger partial charge on any atom is -0.391 e. The summed E-state index contributed by atoms with van der Waals surface area (Å²) < 4.78 is 0. The van der Waals surface area contributed by atoms with Crippen molar-refractivity contribution in [2.45, 2.75) is 82.3 Å². The molecule has 2 rings (SSSR count). The molecule has 1 heterocycles. The maximum Gasteiger partial charge on any atom is 0.245 e. The summed E-state index contributed by atoms with van der Waals surface area (Å²) in [6.07, 6.45) is 0.252. The number of aliphatic hydroxyl groups excluding tert-OH is 1. The molecule has 1 aliphatic heterocycles. The van der Waals surface area contributed by atoms with E-state index >= 15 is 0 Å². The number of nitrogens with zero attached hydrogens (tertiary/aromatic N) is 2. The van der Waals surface area contributed by atoms with Gasteiger partial charge in [0.25, 0.3) is 0 Å². The van der Waals surface area contributed by atoms with Gasteiger partial charge in [-0.25, -0.2) is 0 Å². The van der Waals surface area contributed by atoms with E-state index in [1.165, 1.54) is 18.7 Å². The molecule has 0 saturated carbocycles. The molecular weight excluding hydrogens is 600 g/mol. The van der Waals surface area contributed by atoms with Crippen LogP contribution >= 0.6 is 0 Å². The van der Waals surface area contributed by atoms with Crippen LogP contribution in [0.2, 0.25) is 0 Å². The number of hydrogen-bond donors (Lipinski definition) is 9. The van der Waals surface area contributed by atoms with Crippen molar-refractivity contribution < 1.29 is 33.9 Å². The van der Waals surface area contributed by atoms with E-state index < -0.39 is 78.3 Å². The summed E-state index contributed by atoms with van der Waals surface area (Å²) in [4.78, 5) is 81.6. The van der Waals surface area contributed by atoms with Crippen LogP contribution in [0.5, 0.6) is 0 Å². The smallest absolute Gasteiger partial charge is 0.245 e. The molecule has 0 aliphatic carbocycles. The molecule has 13 N–H and O–H groups in total. The number of primary amides is 1. The summed E-state index contributed by atoms with van der Waals surface area (Å²) in [5.74, 6) is -4.14. The number of aliphatic hydroxyl groups is 1. The van der Waals surface area contributed by atoms with Gasteiger partial charge in [0.1, 0.15) is 30.2 Å². The summed E-state index contributed by atoms with van der Waals surface area (Å²) in [5.41, 5.74) is 22.6. The molecule has 254 valence electrons. The Bertz CT molecular complexity index is 1260. The lowest BCUT2D eigenvalue weighted by Gasteiger charge is -2.26. The van der Waals surface area contributed by atoms with E-state index in [1.807, 2.05) is 0 Å². The van der Waals surface area contributed by atoms with Gasteiger partial charge in [0.2, 0.25) is 35.4 Å². The van der Waals surface area contributed by atoms with Gasteiger partial charge in [0, 0.05) is 19.5 Å². The number of carbonyl (C=O) groups excluding carboxylic acids is 6. The Balaban J connectivity index is 2.11. The van der Waals surface area contributed by atoms with Crippen LogP contribution in [-0.2, 0) is 35.2 Å². The van der Waals surface area contributed by atoms with Gasteiger partial charge in [0.05, 0.1) is 12.6 Å². The van der Waals surface area contributed by atoms with Gasteiger partial charge >= 0.3 is 0 Å². The molecule has 0 bridgehead atoms. The maximum absolute atomic E-state index is 13.5. The van der Waals surface area contributed by atoms with Gasteiger partial charge in [-0.2, -0.15) is 0 Å². The number of likely N-dealkylation sites (tertiary alicyclic amines) is 1. The number of rotatable bonds is 17. The van der Waals surface area contributed by atoms with Crippen LogP contribution in [0.3, 0.4) is 0 Å². The van der Waals surface area contributed by atoms with Crippen molar-refractivity contribution in [3.8, 4) is 0 Å². The third-order valence-corrected chi connectivity index (χ3v) is 7.35. The Morgan fingerprint density at radius 2 is 1.61 bits per heavy atom. The van der Waals surface area contributed by atoms with E-state index in [-0.39, 0.29) is 31.8 Å². The predicted octanol–water partition coefficient (Wildman–Crippen LogP) is -3.94. The number of nitrogens with two attached hydrogens (primary N) is 4. The van der Waals surface area contributed by atoms with Crippen LogP contribution in [0.25, 0.3) is 0 Å². The van der Waals surface area contributed by atoms with Crippen molar-refractivity contribution >= 4 is 41.4 Å². The van der Waals surface area contributed by atoms with Crippen LogP contribution in [0.4, 0.5) is 0 Å². The first-order chi connectivity index (χ1) is 21.7. The Labute approximate surface area is 267 Å². The number of carbonyl (C=O) groups is 6. The monoisotopic (exact) mass is 646 g/mol. The zero-order chi connectivity index (χ0) is 34.4. The average molecular weight is 647 g/mol. The molecular formula is C29H46N10O7. The molecule has 1 fully saturated rings. The summed E-state index contributed by atoms with van der Waals surface area (Å²) in [5, 5.41) is 19.8. The molecule has 1 aromatic carbocycles. The highest BCUT2D eigenvalue weighted by Crippen LogP contribution is 2.18. The molecule has 1 aliphatic rings. The Morgan fingerprint density at radius 1 is 0.957 bits per heavy atom. The molecule has 0 radical (unpaired) electrons. The van der Waals surface area contributed by atoms with Gasteiger partial charge in [-0.05, 0) is 45.1 Å². The summed E-state index contributed by atoms with van der Waals surface area (Å²) in [7, 11) is 0. The van der Waals surface area contributed by atoms with Gasteiger partial charge in [0.15, 0.2) is 5.96 Å². The quantitative estimate of drug-likeness (QED) is 0.0450. The zero-order valence-corrected chi connectivity index (χ0v) is 26.1. The van der Waals surface area contributed by atoms with Crippen molar-refractivity contribution in [1.82, 2.24) is 26.2 Å². The largest absolute Gasteiger partial charge is 0.391 e. The highest BCUT2D eigenvalue weighted by Gasteiger charge is 2.35. The van der Waals surface area contributed by atoms with Crippen LogP contribution in [0.1, 0.15) is 45.1 Å². The number of amides is 6. The topological polar surface area (TPSA) is 290 Å². The van der Waals surface area contributed by atoms with Crippen LogP contribution < -0.4 is 44.2 Å². The van der Waals surface area contributed by atoms with Crippen molar-refractivity contribution in [3.05, 3.63) is 35.9 Å². The second kappa shape index (κ2) is 18.3. The second-order valence-corrected chi connectivity index (χ2v) is 11.1. The second-order valence-electron chi connectivity index (χ2n) is 11.1. The Kier molecular flexibility index (Phi) is 14.9. The molecule has 6 amide bonds. The molecule has 17 heteroatoms. The normalized spacial score (nSPS) is 17.4. The first-order valence-electron chi connectivity index (χ1n) is 15.0. The SMILES string of the molecule is C[C@H](NC(=O)CNC(=O)[C@H](CCCN=C(N)N)NC(=O)[C@H](Cc1ccccc1)NC(=O)[C@@H](N)[C@@H](C)O)C(=O)N1CCC[C@H]1C(N)=O. The van der Waals surface area contributed by atoms with E-state index in [0.29, 0.717) is 24.9 Å². The summed E-state index contributed by atoms with van der Waals surface area (Å²) >= 11 is 0. The molecule has 46 heavy (non-hydrogen) atoms. The molecule has 6 atom stereocenters.